The Morgan fingerprint density at radius 3 is 2.63 bits per heavy atom. The van der Waals surface area contributed by atoms with Gasteiger partial charge in [0.15, 0.2) is 0 Å². The molecule has 0 radical (unpaired) electrons. The molecule has 0 aliphatic rings. The fourth-order valence-corrected chi connectivity index (χ4v) is 1.42. The van der Waals surface area contributed by atoms with E-state index in [0.29, 0.717) is 5.69 Å². The Morgan fingerprint density at radius 2 is 1.95 bits per heavy atom. The highest BCUT2D eigenvalue weighted by Gasteiger charge is 2.04. The highest BCUT2D eigenvalue weighted by Crippen LogP contribution is 2.16. The van der Waals surface area contributed by atoms with E-state index in [1.54, 1.807) is 24.3 Å². The first kappa shape index (κ1) is 12.7. The molecule has 0 aliphatic carbocycles. The molecule has 0 bridgehead atoms. The molecule has 0 saturated heterocycles. The summed E-state index contributed by atoms with van der Waals surface area (Å²) in [7, 11) is 0. The molecule has 0 heterocycles. The quantitative estimate of drug-likeness (QED) is 0.521. The number of nitrogens with zero attached hydrogens (tertiary/aromatic N) is 2. The topological polar surface area (TPSA) is 67.5 Å². The van der Waals surface area contributed by atoms with Gasteiger partial charge in [-0.25, -0.2) is 4.39 Å². The van der Waals surface area contributed by atoms with Gasteiger partial charge in [0.25, 0.3) is 5.69 Å². The molecular formula is C13H10FN3O2. The minimum Gasteiger partial charge on any atom is -0.278 e. The highest BCUT2D eigenvalue weighted by atomic mass is 19.1. The van der Waals surface area contributed by atoms with Gasteiger partial charge in [0.2, 0.25) is 0 Å². The van der Waals surface area contributed by atoms with Crippen molar-refractivity contribution >= 4 is 17.6 Å². The van der Waals surface area contributed by atoms with Gasteiger partial charge < -0.3 is 0 Å². The fraction of sp³-hybridized carbons (Fsp3) is 0. The molecule has 2 rings (SSSR count). The zero-order valence-corrected chi connectivity index (χ0v) is 9.79. The van der Waals surface area contributed by atoms with Crippen molar-refractivity contribution in [2.45, 2.75) is 0 Å². The SMILES string of the molecule is O=[N+]([O-])c1cccc(N/N=C\c2ccc(F)cc2)c1. The molecule has 96 valence electrons. The van der Waals surface area contributed by atoms with E-state index >= 15 is 0 Å². The van der Waals surface area contributed by atoms with Crippen molar-refractivity contribution in [3.05, 3.63) is 70.0 Å². The fourth-order valence-electron chi connectivity index (χ4n) is 1.42. The first-order valence-electron chi connectivity index (χ1n) is 5.44. The summed E-state index contributed by atoms with van der Waals surface area (Å²) in [5.41, 5.74) is 3.89. The molecule has 0 aromatic heterocycles. The zero-order chi connectivity index (χ0) is 13.7. The van der Waals surface area contributed by atoms with Crippen LogP contribution < -0.4 is 5.43 Å². The van der Waals surface area contributed by atoms with Crippen molar-refractivity contribution < 1.29 is 9.31 Å². The molecule has 0 aliphatic heterocycles. The van der Waals surface area contributed by atoms with Crippen LogP contribution in [0, 0.1) is 15.9 Å². The maximum absolute atomic E-state index is 12.7. The Bertz CT molecular complexity index is 612. The minimum atomic E-state index is -0.477. The number of nitro groups is 1. The van der Waals surface area contributed by atoms with E-state index in [1.807, 2.05) is 0 Å². The molecule has 19 heavy (non-hydrogen) atoms. The van der Waals surface area contributed by atoms with Gasteiger partial charge in [0.1, 0.15) is 5.82 Å². The minimum absolute atomic E-state index is 0.0121. The lowest BCUT2D eigenvalue weighted by Crippen LogP contribution is -1.93. The molecule has 0 atom stereocenters. The van der Waals surface area contributed by atoms with Crippen molar-refractivity contribution in [1.29, 1.82) is 0 Å². The Labute approximate surface area is 108 Å². The molecule has 5 nitrogen and oxygen atoms in total. The molecule has 6 heteroatoms. The monoisotopic (exact) mass is 259 g/mol. The van der Waals surface area contributed by atoms with Crippen molar-refractivity contribution in [1.82, 2.24) is 0 Å². The van der Waals surface area contributed by atoms with Gasteiger partial charge in [-0.05, 0) is 23.8 Å². The number of nitro benzene ring substituents is 1. The third-order valence-corrected chi connectivity index (χ3v) is 2.33. The molecule has 0 unspecified atom stereocenters. The summed E-state index contributed by atoms with van der Waals surface area (Å²) in [6.45, 7) is 0. The lowest BCUT2D eigenvalue weighted by atomic mass is 10.2. The summed E-state index contributed by atoms with van der Waals surface area (Å²) in [4.78, 5) is 10.1. The third-order valence-electron chi connectivity index (χ3n) is 2.33. The molecular weight excluding hydrogens is 249 g/mol. The third kappa shape index (κ3) is 3.60. The molecule has 0 saturated carbocycles. The number of benzene rings is 2. The van der Waals surface area contributed by atoms with Gasteiger partial charge in [0, 0.05) is 12.1 Å². The van der Waals surface area contributed by atoms with Crippen molar-refractivity contribution in [2.75, 3.05) is 5.43 Å². The number of hydrogen-bond donors (Lipinski definition) is 1. The second kappa shape index (κ2) is 5.72. The van der Waals surface area contributed by atoms with Crippen LogP contribution >= 0.6 is 0 Å². The molecule has 1 N–H and O–H groups in total. The number of anilines is 1. The Kier molecular flexibility index (Phi) is 3.82. The van der Waals surface area contributed by atoms with Gasteiger partial charge in [-0.15, -0.1) is 0 Å². The Hall–Kier alpha value is -2.76. The summed E-state index contributed by atoms with van der Waals surface area (Å²) in [6, 6.07) is 11.8. The van der Waals surface area contributed by atoms with Crippen LogP contribution in [0.5, 0.6) is 0 Å². The second-order valence-electron chi connectivity index (χ2n) is 3.73. The largest absolute Gasteiger partial charge is 0.278 e. The second-order valence-corrected chi connectivity index (χ2v) is 3.73. The van der Waals surface area contributed by atoms with Crippen LogP contribution in [-0.2, 0) is 0 Å². The van der Waals surface area contributed by atoms with E-state index in [1.165, 1.54) is 30.5 Å². The number of hydrogen-bond acceptors (Lipinski definition) is 4. The van der Waals surface area contributed by atoms with Crippen LogP contribution in [0.15, 0.2) is 53.6 Å². The maximum Gasteiger partial charge on any atom is 0.271 e. The van der Waals surface area contributed by atoms with Crippen molar-refractivity contribution in [2.24, 2.45) is 5.10 Å². The average molecular weight is 259 g/mol. The van der Waals surface area contributed by atoms with E-state index in [4.69, 9.17) is 0 Å². The van der Waals surface area contributed by atoms with Crippen LogP contribution in [0.4, 0.5) is 15.8 Å². The summed E-state index contributed by atoms with van der Waals surface area (Å²) in [5, 5.41) is 14.5. The highest BCUT2D eigenvalue weighted by molar-refractivity contribution is 5.80. The molecule has 2 aromatic rings. The predicted octanol–water partition coefficient (Wildman–Crippen LogP) is 3.18. The molecule has 2 aromatic carbocycles. The first-order valence-corrected chi connectivity index (χ1v) is 5.44. The molecule has 0 fully saturated rings. The summed E-state index contributed by atoms with van der Waals surface area (Å²) < 4.78 is 12.7. The Morgan fingerprint density at radius 1 is 1.21 bits per heavy atom. The molecule has 0 amide bonds. The smallest absolute Gasteiger partial charge is 0.271 e. The zero-order valence-electron chi connectivity index (χ0n) is 9.79. The van der Waals surface area contributed by atoms with Crippen molar-refractivity contribution in [3.63, 3.8) is 0 Å². The van der Waals surface area contributed by atoms with Crippen LogP contribution in [0.2, 0.25) is 0 Å². The molecule has 0 spiro atoms. The number of rotatable bonds is 4. The average Bonchev–Trinajstić information content (AvgIpc) is 2.41. The number of halogens is 1. The normalized spacial score (nSPS) is 10.6. The lowest BCUT2D eigenvalue weighted by Gasteiger charge is -1.99. The number of non-ortho nitro benzene ring substituents is 1. The lowest BCUT2D eigenvalue weighted by molar-refractivity contribution is -0.384. The van der Waals surface area contributed by atoms with Gasteiger partial charge in [0.05, 0.1) is 16.8 Å². The van der Waals surface area contributed by atoms with E-state index in [-0.39, 0.29) is 11.5 Å². The van der Waals surface area contributed by atoms with Crippen molar-refractivity contribution in [3.8, 4) is 0 Å². The van der Waals surface area contributed by atoms with Crippen LogP contribution in [0.1, 0.15) is 5.56 Å². The summed E-state index contributed by atoms with van der Waals surface area (Å²) in [5.74, 6) is -0.316. The summed E-state index contributed by atoms with van der Waals surface area (Å²) >= 11 is 0. The number of hydrazone groups is 1. The maximum atomic E-state index is 12.7. The number of nitrogens with one attached hydrogen (secondary N) is 1. The van der Waals surface area contributed by atoms with Gasteiger partial charge in [-0.3, -0.25) is 15.5 Å². The predicted molar refractivity (Wildman–Crippen MR) is 70.7 cm³/mol. The van der Waals surface area contributed by atoms with E-state index < -0.39 is 4.92 Å². The first-order chi connectivity index (χ1) is 9.15. The van der Waals surface area contributed by atoms with E-state index in [0.717, 1.165) is 5.56 Å². The van der Waals surface area contributed by atoms with Gasteiger partial charge >= 0.3 is 0 Å². The Balaban J connectivity index is 2.04. The van der Waals surface area contributed by atoms with Crippen LogP contribution in [-0.4, -0.2) is 11.1 Å². The summed E-state index contributed by atoms with van der Waals surface area (Å²) in [6.07, 6.45) is 1.50. The van der Waals surface area contributed by atoms with E-state index in [2.05, 4.69) is 10.5 Å². The van der Waals surface area contributed by atoms with Gasteiger partial charge in [-0.1, -0.05) is 18.2 Å². The van der Waals surface area contributed by atoms with Gasteiger partial charge in [-0.2, -0.15) is 5.10 Å². The van der Waals surface area contributed by atoms with E-state index in [9.17, 15) is 14.5 Å². The van der Waals surface area contributed by atoms with Crippen LogP contribution in [0.3, 0.4) is 0 Å². The van der Waals surface area contributed by atoms with Crippen LogP contribution in [0.25, 0.3) is 0 Å². The standard InChI is InChI=1S/C13H10FN3O2/c14-11-6-4-10(5-7-11)9-15-16-12-2-1-3-13(8-12)17(18)19/h1-9,16H/b15-9-.